The van der Waals surface area contributed by atoms with E-state index in [9.17, 15) is 24.3 Å². The molecule has 0 spiro atoms. The summed E-state index contributed by atoms with van der Waals surface area (Å²) in [5.41, 5.74) is 1.18. The monoisotopic (exact) mass is 506 g/mol. The lowest BCUT2D eigenvalue weighted by Gasteiger charge is -2.49. The standard InChI is InChI=1S/C31H26N2O5/c1-31-23(29(37)33(30(31)38)16-7-3-2-4-8-16)15-22-20(11-12-21-25(22)28(36)32-27(21)35)26(31)19-13-14-24(34)18-10-6-5-9-17(18)19/h2-11,13-14,21-23,25-26,34H,12,15H2,1H3,(H,32,35,36)/t21-,22+,23-,25-,26-,31+/m0/s1. The first-order valence-electron chi connectivity index (χ1n) is 13.0. The molecule has 3 aromatic carbocycles. The highest BCUT2D eigenvalue weighted by molar-refractivity contribution is 6.24. The van der Waals surface area contributed by atoms with Crippen LogP contribution in [0.15, 0.2) is 78.4 Å². The Bertz CT molecular complexity index is 1590. The Morgan fingerprint density at radius 1 is 0.868 bits per heavy atom. The van der Waals surface area contributed by atoms with E-state index < -0.39 is 29.1 Å². The minimum atomic E-state index is -1.11. The van der Waals surface area contributed by atoms with Gasteiger partial charge in [-0.2, -0.15) is 0 Å². The van der Waals surface area contributed by atoms with Crippen LogP contribution in [0, 0.1) is 29.1 Å². The molecule has 38 heavy (non-hydrogen) atoms. The van der Waals surface area contributed by atoms with Gasteiger partial charge in [0.1, 0.15) is 5.75 Å². The number of phenols is 1. The maximum Gasteiger partial charge on any atom is 0.241 e. The summed E-state index contributed by atoms with van der Waals surface area (Å²) in [7, 11) is 0. The number of rotatable bonds is 2. The Morgan fingerprint density at radius 2 is 1.58 bits per heavy atom. The molecule has 2 aliphatic carbocycles. The fourth-order valence-electron chi connectivity index (χ4n) is 7.65. The van der Waals surface area contributed by atoms with Crippen molar-refractivity contribution in [3.05, 3.63) is 83.9 Å². The molecule has 2 N–H and O–H groups in total. The molecule has 7 heteroatoms. The van der Waals surface area contributed by atoms with Gasteiger partial charge in [-0.1, -0.05) is 60.2 Å². The van der Waals surface area contributed by atoms with Crippen LogP contribution in [0.2, 0.25) is 0 Å². The molecule has 0 unspecified atom stereocenters. The van der Waals surface area contributed by atoms with Crippen LogP contribution in [0.4, 0.5) is 5.69 Å². The molecule has 2 saturated heterocycles. The molecule has 1 saturated carbocycles. The fraction of sp³-hybridized carbons (Fsp3) is 0.290. The summed E-state index contributed by atoms with van der Waals surface area (Å²) in [4.78, 5) is 55.3. The van der Waals surface area contributed by atoms with Crippen LogP contribution >= 0.6 is 0 Å². The maximum absolute atomic E-state index is 14.4. The minimum absolute atomic E-state index is 0.136. The minimum Gasteiger partial charge on any atom is -0.507 e. The van der Waals surface area contributed by atoms with Crippen molar-refractivity contribution in [2.75, 3.05) is 4.90 Å². The van der Waals surface area contributed by atoms with Gasteiger partial charge >= 0.3 is 0 Å². The molecule has 7 rings (SSSR count). The van der Waals surface area contributed by atoms with Gasteiger partial charge in [-0.05, 0) is 54.8 Å². The predicted octanol–water partition coefficient (Wildman–Crippen LogP) is 4.06. The van der Waals surface area contributed by atoms with Crippen LogP contribution in [0.1, 0.15) is 31.2 Å². The number of fused-ring (bicyclic) bond motifs is 5. The number of aromatic hydroxyl groups is 1. The molecule has 0 bridgehead atoms. The third-order valence-electron chi connectivity index (χ3n) is 9.38. The van der Waals surface area contributed by atoms with Crippen LogP contribution in [0.5, 0.6) is 5.75 Å². The molecule has 2 heterocycles. The second-order valence-electron chi connectivity index (χ2n) is 11.1. The Balaban J connectivity index is 1.48. The Kier molecular flexibility index (Phi) is 4.74. The second kappa shape index (κ2) is 7.87. The normalized spacial score (nSPS) is 32.1. The molecule has 6 atom stereocenters. The summed E-state index contributed by atoms with van der Waals surface area (Å²) < 4.78 is 0. The summed E-state index contributed by atoms with van der Waals surface area (Å²) in [6.07, 6.45) is 2.76. The first kappa shape index (κ1) is 22.9. The number of anilines is 1. The van der Waals surface area contributed by atoms with Crippen LogP contribution < -0.4 is 10.2 Å². The number of para-hydroxylation sites is 1. The van der Waals surface area contributed by atoms with Gasteiger partial charge in [0, 0.05) is 11.3 Å². The van der Waals surface area contributed by atoms with Crippen LogP contribution in [0.3, 0.4) is 0 Å². The van der Waals surface area contributed by atoms with Gasteiger partial charge in [-0.25, -0.2) is 4.90 Å². The van der Waals surface area contributed by atoms with Gasteiger partial charge in [-0.3, -0.25) is 24.5 Å². The number of allylic oxidation sites excluding steroid dienone is 2. The first-order chi connectivity index (χ1) is 18.3. The number of hydrogen-bond donors (Lipinski definition) is 2. The lowest BCUT2D eigenvalue weighted by Crippen LogP contribution is -2.48. The summed E-state index contributed by atoms with van der Waals surface area (Å²) in [6.45, 7) is 1.87. The summed E-state index contributed by atoms with van der Waals surface area (Å²) in [5, 5.41) is 14.6. The highest BCUT2D eigenvalue weighted by atomic mass is 16.3. The van der Waals surface area contributed by atoms with E-state index in [-0.39, 0.29) is 35.3 Å². The van der Waals surface area contributed by atoms with Crippen LogP contribution in [-0.2, 0) is 19.2 Å². The van der Waals surface area contributed by atoms with Crippen molar-refractivity contribution in [3.63, 3.8) is 0 Å². The number of phenolic OH excluding ortho intramolecular Hbond substituents is 1. The number of hydrogen-bond acceptors (Lipinski definition) is 5. The second-order valence-corrected chi connectivity index (χ2v) is 11.1. The van der Waals surface area contributed by atoms with Gasteiger partial charge in [-0.15, -0.1) is 0 Å². The number of benzene rings is 3. The summed E-state index contributed by atoms with van der Waals surface area (Å²) >= 11 is 0. The fourth-order valence-corrected chi connectivity index (χ4v) is 7.65. The van der Waals surface area contributed by atoms with Crippen molar-refractivity contribution in [2.45, 2.75) is 25.7 Å². The zero-order valence-electron chi connectivity index (χ0n) is 20.8. The Hall–Kier alpha value is -4.26. The molecule has 3 aromatic rings. The van der Waals surface area contributed by atoms with Gasteiger partial charge < -0.3 is 5.11 Å². The lowest BCUT2D eigenvalue weighted by molar-refractivity contribution is -0.131. The van der Waals surface area contributed by atoms with E-state index in [1.807, 2.05) is 49.4 Å². The predicted molar refractivity (Wildman–Crippen MR) is 140 cm³/mol. The number of nitrogens with one attached hydrogen (secondary N) is 1. The van der Waals surface area contributed by atoms with Gasteiger partial charge in [0.25, 0.3) is 0 Å². The molecular formula is C31H26N2O5. The van der Waals surface area contributed by atoms with Crippen molar-refractivity contribution >= 4 is 40.1 Å². The van der Waals surface area contributed by atoms with E-state index in [1.54, 1.807) is 30.3 Å². The maximum atomic E-state index is 14.4. The zero-order valence-corrected chi connectivity index (χ0v) is 20.8. The molecule has 4 amide bonds. The molecule has 3 fully saturated rings. The van der Waals surface area contributed by atoms with E-state index in [2.05, 4.69) is 5.32 Å². The number of carbonyl (C=O) groups is 4. The smallest absolute Gasteiger partial charge is 0.241 e. The molecular weight excluding hydrogens is 480 g/mol. The van der Waals surface area contributed by atoms with Crippen molar-refractivity contribution in [3.8, 4) is 5.75 Å². The quantitative estimate of drug-likeness (QED) is 0.403. The third kappa shape index (κ3) is 2.84. The number of carbonyl (C=O) groups excluding carboxylic acids is 4. The highest BCUT2D eigenvalue weighted by Gasteiger charge is 2.67. The number of amides is 4. The third-order valence-corrected chi connectivity index (χ3v) is 9.38. The highest BCUT2D eigenvalue weighted by Crippen LogP contribution is 2.63. The van der Waals surface area contributed by atoms with Crippen molar-refractivity contribution in [1.82, 2.24) is 5.32 Å². The number of imide groups is 2. The van der Waals surface area contributed by atoms with Gasteiger partial charge in [0.15, 0.2) is 0 Å². The van der Waals surface area contributed by atoms with Gasteiger partial charge in [0.2, 0.25) is 23.6 Å². The molecule has 0 aromatic heterocycles. The molecule has 190 valence electrons. The molecule has 0 radical (unpaired) electrons. The van der Waals surface area contributed by atoms with Crippen LogP contribution in [0.25, 0.3) is 10.8 Å². The SMILES string of the molecule is C[C@@]12C(=O)N(c3ccccc3)C(=O)[C@@H]1C[C@@H]1C(=CC[C@@H]3C(=O)NC(=O)[C@@H]31)[C@@H]2c1ccc(O)c2ccccc12. The first-order valence-corrected chi connectivity index (χ1v) is 13.0. The number of nitrogens with zero attached hydrogens (tertiary/aromatic N) is 1. The summed E-state index contributed by atoms with van der Waals surface area (Å²) in [6, 6.07) is 19.9. The van der Waals surface area contributed by atoms with Crippen molar-refractivity contribution in [1.29, 1.82) is 0 Å². The topological polar surface area (TPSA) is 104 Å². The van der Waals surface area contributed by atoms with E-state index in [0.29, 0.717) is 23.9 Å². The Morgan fingerprint density at radius 3 is 2.34 bits per heavy atom. The van der Waals surface area contributed by atoms with Crippen molar-refractivity contribution < 1.29 is 24.3 Å². The van der Waals surface area contributed by atoms with Crippen molar-refractivity contribution in [2.24, 2.45) is 29.1 Å². The average molecular weight is 507 g/mol. The molecule has 7 nitrogen and oxygen atoms in total. The largest absolute Gasteiger partial charge is 0.507 e. The molecule has 2 aliphatic heterocycles. The van der Waals surface area contributed by atoms with E-state index >= 15 is 0 Å². The van der Waals surface area contributed by atoms with E-state index in [4.69, 9.17) is 0 Å². The Labute approximate surface area is 219 Å². The molecule has 4 aliphatic rings. The van der Waals surface area contributed by atoms with E-state index in [0.717, 1.165) is 16.5 Å². The van der Waals surface area contributed by atoms with Gasteiger partial charge in [0.05, 0.1) is 28.9 Å². The zero-order chi connectivity index (χ0) is 26.3. The lowest BCUT2D eigenvalue weighted by atomic mass is 9.51. The average Bonchev–Trinajstić information content (AvgIpc) is 3.32. The summed E-state index contributed by atoms with van der Waals surface area (Å²) in [5.74, 6) is -3.53. The van der Waals surface area contributed by atoms with E-state index in [1.165, 1.54) is 4.90 Å². The van der Waals surface area contributed by atoms with Crippen LogP contribution in [-0.4, -0.2) is 28.7 Å².